The number of carbonyl (C=O) groups excluding carboxylic acids is 1. The Hall–Kier alpha value is -2.44. The van der Waals surface area contributed by atoms with Crippen molar-refractivity contribution < 1.29 is 19.4 Å². The van der Waals surface area contributed by atoms with Gasteiger partial charge in [-0.1, -0.05) is 28.9 Å². The van der Waals surface area contributed by atoms with Crippen molar-refractivity contribution in [2.24, 2.45) is 5.41 Å². The largest absolute Gasteiger partial charge is 0.493 e. The predicted octanol–water partition coefficient (Wildman–Crippen LogP) is 6.48. The molecule has 0 amide bonds. The van der Waals surface area contributed by atoms with Gasteiger partial charge in [-0.3, -0.25) is 9.78 Å². The molecule has 6 heteroatoms. The minimum absolute atomic E-state index is 0.125. The lowest BCUT2D eigenvalue weighted by Gasteiger charge is -2.24. The minimum Gasteiger partial charge on any atom is -0.493 e. The monoisotopic (exact) mass is 525 g/mol. The first-order valence-electron chi connectivity index (χ1n) is 11.8. The summed E-state index contributed by atoms with van der Waals surface area (Å²) in [5.41, 5.74) is 5.92. The molecular formula is C28H32BrNO4. The van der Waals surface area contributed by atoms with Gasteiger partial charge in [-0.25, -0.2) is 0 Å². The first kappa shape index (κ1) is 24.7. The van der Waals surface area contributed by atoms with Crippen molar-refractivity contribution in [3.8, 4) is 16.9 Å². The molecule has 1 aliphatic rings. The molecule has 0 saturated carbocycles. The molecule has 1 atom stereocenters. The Morgan fingerprint density at radius 1 is 1.26 bits per heavy atom. The number of aryl methyl sites for hydroxylation is 3. The second-order valence-electron chi connectivity index (χ2n) is 9.94. The molecule has 1 N–H and O–H groups in total. The van der Waals surface area contributed by atoms with Gasteiger partial charge in [0.1, 0.15) is 18.5 Å². The molecule has 0 saturated heterocycles. The summed E-state index contributed by atoms with van der Waals surface area (Å²) < 4.78 is 12.3. The van der Waals surface area contributed by atoms with Crippen LogP contribution >= 0.6 is 15.9 Å². The highest BCUT2D eigenvalue weighted by Crippen LogP contribution is 2.41. The Morgan fingerprint density at radius 2 is 2.03 bits per heavy atom. The zero-order valence-corrected chi connectivity index (χ0v) is 22.1. The number of aromatic nitrogens is 1. The summed E-state index contributed by atoms with van der Waals surface area (Å²) in [7, 11) is 0. The maximum absolute atomic E-state index is 12.4. The molecule has 0 aliphatic carbocycles. The van der Waals surface area contributed by atoms with Crippen molar-refractivity contribution in [1.29, 1.82) is 0 Å². The number of nitrogens with zero attached hydrogens (tertiary/aromatic N) is 1. The molecule has 0 spiro atoms. The van der Waals surface area contributed by atoms with E-state index in [1.54, 1.807) is 20.8 Å². The lowest BCUT2D eigenvalue weighted by molar-refractivity contribution is -0.156. The van der Waals surface area contributed by atoms with Crippen LogP contribution in [-0.2, 0) is 22.4 Å². The van der Waals surface area contributed by atoms with E-state index in [1.807, 2.05) is 19.1 Å². The van der Waals surface area contributed by atoms with Crippen molar-refractivity contribution in [3.05, 3.63) is 57.2 Å². The van der Waals surface area contributed by atoms with Crippen LogP contribution in [0.1, 0.15) is 62.6 Å². The fraction of sp³-hybridized carbons (Fsp3) is 0.429. The lowest BCUT2D eigenvalue weighted by atomic mass is 9.89. The van der Waals surface area contributed by atoms with Gasteiger partial charge in [0.25, 0.3) is 0 Å². The van der Waals surface area contributed by atoms with Gasteiger partial charge in [-0.05, 0) is 93.5 Å². The Bertz CT molecular complexity index is 1250. The minimum atomic E-state index is -1.01. The van der Waals surface area contributed by atoms with Gasteiger partial charge in [0.05, 0.1) is 17.5 Å². The summed E-state index contributed by atoms with van der Waals surface area (Å²) in [5.74, 6) is 0.572. The number of aliphatic hydroxyl groups is 1. The third-order valence-electron chi connectivity index (χ3n) is 6.26. The molecule has 3 aromatic rings. The van der Waals surface area contributed by atoms with E-state index in [9.17, 15) is 9.90 Å². The van der Waals surface area contributed by atoms with Gasteiger partial charge < -0.3 is 14.6 Å². The van der Waals surface area contributed by atoms with Crippen LogP contribution in [0.5, 0.6) is 5.75 Å². The van der Waals surface area contributed by atoms with Crippen molar-refractivity contribution in [2.75, 3.05) is 13.2 Å². The molecular weight excluding hydrogens is 494 g/mol. The number of fused-ring (bicyclic) bond motifs is 2. The van der Waals surface area contributed by atoms with Crippen molar-refractivity contribution >= 4 is 32.8 Å². The maximum Gasteiger partial charge on any atom is 0.311 e. The lowest BCUT2D eigenvalue weighted by Crippen LogP contribution is -2.25. The number of ether oxygens (including phenoxy) is 2. The van der Waals surface area contributed by atoms with Crippen LogP contribution in [0.25, 0.3) is 22.0 Å². The number of hydrogen-bond donors (Lipinski definition) is 1. The SMILES string of the molecule is CCc1cc(Br)cc2c(-c3ccc4c(c3)CCCO4)c([C@H](O)COC(=O)C(C)(C)C)c(C)nc12. The zero-order valence-electron chi connectivity index (χ0n) is 20.5. The van der Waals surface area contributed by atoms with E-state index < -0.39 is 11.5 Å². The van der Waals surface area contributed by atoms with Crippen LogP contribution in [0.4, 0.5) is 0 Å². The van der Waals surface area contributed by atoms with Crippen molar-refractivity contribution in [3.63, 3.8) is 0 Å². The van der Waals surface area contributed by atoms with E-state index >= 15 is 0 Å². The summed E-state index contributed by atoms with van der Waals surface area (Å²) in [4.78, 5) is 17.3. The Kier molecular flexibility index (Phi) is 7.02. The smallest absolute Gasteiger partial charge is 0.311 e. The normalized spacial score (nSPS) is 14.4. The van der Waals surface area contributed by atoms with Gasteiger partial charge in [0.2, 0.25) is 0 Å². The van der Waals surface area contributed by atoms with Gasteiger partial charge in [0.15, 0.2) is 0 Å². The molecule has 34 heavy (non-hydrogen) atoms. The summed E-state index contributed by atoms with van der Waals surface area (Å²) in [6.07, 6.45) is 1.77. The van der Waals surface area contributed by atoms with Crippen molar-refractivity contribution in [1.82, 2.24) is 4.98 Å². The number of pyridine rings is 1. The average molecular weight is 526 g/mol. The van der Waals surface area contributed by atoms with E-state index in [1.165, 1.54) is 0 Å². The summed E-state index contributed by atoms with van der Waals surface area (Å²) in [6.45, 7) is 10.0. The number of carbonyl (C=O) groups is 1. The second-order valence-corrected chi connectivity index (χ2v) is 10.9. The van der Waals surface area contributed by atoms with Gasteiger partial charge in [0, 0.05) is 21.1 Å². The number of esters is 1. The Morgan fingerprint density at radius 3 is 2.74 bits per heavy atom. The van der Waals surface area contributed by atoms with Crippen LogP contribution < -0.4 is 4.74 Å². The fourth-order valence-electron chi connectivity index (χ4n) is 4.49. The number of hydrogen-bond acceptors (Lipinski definition) is 5. The van der Waals surface area contributed by atoms with Gasteiger partial charge in [-0.15, -0.1) is 0 Å². The predicted molar refractivity (Wildman–Crippen MR) is 138 cm³/mol. The highest BCUT2D eigenvalue weighted by molar-refractivity contribution is 9.10. The molecule has 0 unspecified atom stereocenters. The highest BCUT2D eigenvalue weighted by Gasteiger charge is 2.27. The number of halogens is 1. The van der Waals surface area contributed by atoms with Gasteiger partial charge >= 0.3 is 5.97 Å². The van der Waals surface area contributed by atoms with E-state index in [2.05, 4.69) is 41.1 Å². The molecule has 5 nitrogen and oxygen atoms in total. The molecule has 1 aromatic heterocycles. The molecule has 0 bridgehead atoms. The van der Waals surface area contributed by atoms with Crippen LogP contribution in [0.2, 0.25) is 0 Å². The maximum atomic E-state index is 12.4. The first-order valence-corrected chi connectivity index (χ1v) is 12.6. The van der Waals surface area contributed by atoms with E-state index in [-0.39, 0.29) is 12.6 Å². The topological polar surface area (TPSA) is 68.7 Å². The number of rotatable bonds is 5. The van der Waals surface area contributed by atoms with Gasteiger partial charge in [-0.2, -0.15) is 0 Å². The average Bonchev–Trinajstić information content (AvgIpc) is 2.80. The first-order chi connectivity index (χ1) is 16.1. The third kappa shape index (κ3) is 4.84. The third-order valence-corrected chi connectivity index (χ3v) is 6.72. The summed E-state index contributed by atoms with van der Waals surface area (Å²) in [6, 6.07) is 10.4. The number of aliphatic hydroxyl groups excluding tert-OH is 1. The van der Waals surface area contributed by atoms with E-state index in [0.29, 0.717) is 5.56 Å². The molecule has 1 aliphatic heterocycles. The molecule has 2 aromatic carbocycles. The fourth-order valence-corrected chi connectivity index (χ4v) is 5.00. The van der Waals surface area contributed by atoms with Crippen LogP contribution in [0.15, 0.2) is 34.8 Å². The second kappa shape index (κ2) is 9.67. The molecule has 0 fully saturated rings. The molecule has 2 heterocycles. The number of benzene rings is 2. The van der Waals surface area contributed by atoms with Crippen LogP contribution in [0.3, 0.4) is 0 Å². The Labute approximate surface area is 209 Å². The van der Waals surface area contributed by atoms with Crippen LogP contribution in [0, 0.1) is 12.3 Å². The summed E-state index contributed by atoms with van der Waals surface area (Å²) >= 11 is 3.66. The molecule has 4 rings (SSSR count). The van der Waals surface area contributed by atoms with E-state index in [0.717, 1.165) is 74.9 Å². The molecule has 180 valence electrons. The highest BCUT2D eigenvalue weighted by atomic mass is 79.9. The van der Waals surface area contributed by atoms with Crippen LogP contribution in [-0.4, -0.2) is 29.3 Å². The Balaban J connectivity index is 1.91. The quantitative estimate of drug-likeness (QED) is 0.386. The van der Waals surface area contributed by atoms with Crippen molar-refractivity contribution in [2.45, 2.75) is 60.0 Å². The molecule has 0 radical (unpaired) electrons. The standard InChI is InChI=1S/C28H32BrNO4/c1-6-17-13-20(29)14-21-25(19-9-10-23-18(12-19)8-7-11-33-23)24(16(2)30-26(17)21)22(31)15-34-27(32)28(3,4)5/h9-10,12-14,22,31H,6-8,11,15H2,1-5H3/t22-/m1/s1. The van der Waals surface area contributed by atoms with E-state index in [4.69, 9.17) is 14.5 Å². The summed E-state index contributed by atoms with van der Waals surface area (Å²) in [5, 5.41) is 12.3. The zero-order chi connectivity index (χ0) is 24.6.